The van der Waals surface area contributed by atoms with Gasteiger partial charge >= 0.3 is 0 Å². The molecular weight excluding hydrogens is 350 g/mol. The summed E-state index contributed by atoms with van der Waals surface area (Å²) >= 11 is 0. The van der Waals surface area contributed by atoms with Gasteiger partial charge in [-0.1, -0.05) is 48.5 Å². The van der Waals surface area contributed by atoms with Crippen LogP contribution in [0.2, 0.25) is 0 Å². The molecule has 0 bridgehead atoms. The van der Waals surface area contributed by atoms with Gasteiger partial charge in [-0.15, -0.1) is 12.4 Å². The Bertz CT molecular complexity index is 669. The molecule has 0 aliphatic heterocycles. The second kappa shape index (κ2) is 9.96. The molecule has 0 aromatic heterocycles. The summed E-state index contributed by atoms with van der Waals surface area (Å²) in [7, 11) is 0. The van der Waals surface area contributed by atoms with Crippen LogP contribution in [0.15, 0.2) is 54.6 Å². The van der Waals surface area contributed by atoms with Gasteiger partial charge < -0.3 is 15.8 Å². The normalized spacial score (nSPS) is 10.7. The zero-order chi connectivity index (χ0) is 17.4. The minimum atomic E-state index is -3.11. The molecule has 25 heavy (non-hydrogen) atoms. The SMILES string of the molecule is Cl.NCC(F)(F)CNC(=O)COc1ccccc1Cc1ccccc1. The number of carbonyl (C=O) groups is 1. The minimum Gasteiger partial charge on any atom is -0.483 e. The standard InChI is InChI=1S/C18H20F2N2O2.ClH/c19-18(20,12-21)13-22-17(23)11-24-16-9-5-4-8-15(16)10-14-6-2-1-3-7-14;/h1-9H,10-13,21H2,(H,22,23);1H. The number of para-hydroxylation sites is 1. The lowest BCUT2D eigenvalue weighted by molar-refractivity contribution is -0.124. The molecule has 2 rings (SSSR count). The van der Waals surface area contributed by atoms with Crippen LogP contribution in [0.1, 0.15) is 11.1 Å². The van der Waals surface area contributed by atoms with Crippen molar-refractivity contribution in [3.8, 4) is 5.75 Å². The highest BCUT2D eigenvalue weighted by Crippen LogP contribution is 2.21. The Kier molecular flexibility index (Phi) is 8.31. The molecule has 0 atom stereocenters. The molecule has 4 nitrogen and oxygen atoms in total. The molecule has 0 heterocycles. The first-order valence-electron chi connectivity index (χ1n) is 7.59. The van der Waals surface area contributed by atoms with Crippen molar-refractivity contribution in [1.29, 1.82) is 0 Å². The quantitative estimate of drug-likeness (QED) is 0.751. The minimum absolute atomic E-state index is 0. The third-order valence-electron chi connectivity index (χ3n) is 3.41. The van der Waals surface area contributed by atoms with Crippen LogP contribution in [-0.2, 0) is 11.2 Å². The Labute approximate surface area is 151 Å². The second-order valence-corrected chi connectivity index (χ2v) is 5.40. The van der Waals surface area contributed by atoms with Crippen LogP contribution in [0.5, 0.6) is 5.75 Å². The Morgan fingerprint density at radius 3 is 2.40 bits per heavy atom. The Balaban J connectivity index is 0.00000312. The molecule has 2 aromatic carbocycles. The third-order valence-corrected chi connectivity index (χ3v) is 3.41. The van der Waals surface area contributed by atoms with Gasteiger partial charge in [-0.2, -0.15) is 0 Å². The monoisotopic (exact) mass is 370 g/mol. The number of benzene rings is 2. The number of ether oxygens (including phenoxy) is 1. The molecular formula is C18H21ClF2N2O2. The smallest absolute Gasteiger partial charge is 0.277 e. The Hall–Kier alpha value is -2.18. The van der Waals surface area contributed by atoms with Gasteiger partial charge in [0.15, 0.2) is 6.61 Å². The lowest BCUT2D eigenvalue weighted by atomic mass is 10.0. The maximum Gasteiger partial charge on any atom is 0.277 e. The van der Waals surface area contributed by atoms with E-state index in [-0.39, 0.29) is 19.0 Å². The topological polar surface area (TPSA) is 64.3 Å². The summed E-state index contributed by atoms with van der Waals surface area (Å²) in [6.45, 7) is -1.93. The molecule has 136 valence electrons. The summed E-state index contributed by atoms with van der Waals surface area (Å²) in [4.78, 5) is 11.6. The van der Waals surface area contributed by atoms with E-state index >= 15 is 0 Å². The number of halogens is 3. The molecule has 0 saturated heterocycles. The maximum atomic E-state index is 13.0. The van der Waals surface area contributed by atoms with Crippen LogP contribution in [0, 0.1) is 0 Å². The van der Waals surface area contributed by atoms with Gasteiger partial charge in [0, 0.05) is 6.42 Å². The Morgan fingerprint density at radius 2 is 1.72 bits per heavy atom. The molecule has 0 spiro atoms. The molecule has 0 saturated carbocycles. The molecule has 0 aliphatic carbocycles. The van der Waals surface area contributed by atoms with Crippen molar-refractivity contribution < 1.29 is 18.3 Å². The first-order valence-corrected chi connectivity index (χ1v) is 7.59. The van der Waals surface area contributed by atoms with Crippen molar-refractivity contribution in [2.45, 2.75) is 12.3 Å². The number of nitrogens with two attached hydrogens (primary N) is 1. The summed E-state index contributed by atoms with van der Waals surface area (Å²) < 4.78 is 31.5. The second-order valence-electron chi connectivity index (χ2n) is 5.40. The number of nitrogens with one attached hydrogen (secondary N) is 1. The van der Waals surface area contributed by atoms with E-state index in [1.54, 1.807) is 12.1 Å². The van der Waals surface area contributed by atoms with Crippen molar-refractivity contribution in [2.75, 3.05) is 19.7 Å². The highest BCUT2D eigenvalue weighted by molar-refractivity contribution is 5.85. The van der Waals surface area contributed by atoms with Crippen LogP contribution in [0.3, 0.4) is 0 Å². The summed E-state index contributed by atoms with van der Waals surface area (Å²) in [6, 6.07) is 17.2. The van der Waals surface area contributed by atoms with Gasteiger partial charge in [-0.25, -0.2) is 8.78 Å². The van der Waals surface area contributed by atoms with E-state index < -0.39 is 24.9 Å². The van der Waals surface area contributed by atoms with E-state index in [0.717, 1.165) is 11.1 Å². The zero-order valence-electron chi connectivity index (χ0n) is 13.6. The van der Waals surface area contributed by atoms with Crippen LogP contribution in [-0.4, -0.2) is 31.5 Å². The number of alkyl halides is 2. The van der Waals surface area contributed by atoms with E-state index in [9.17, 15) is 13.6 Å². The van der Waals surface area contributed by atoms with Crippen molar-refractivity contribution in [2.24, 2.45) is 5.73 Å². The molecule has 1 amide bonds. The van der Waals surface area contributed by atoms with Crippen molar-refractivity contribution in [3.63, 3.8) is 0 Å². The molecule has 7 heteroatoms. The first kappa shape index (κ1) is 20.9. The third kappa shape index (κ3) is 7.07. The van der Waals surface area contributed by atoms with Gasteiger partial charge in [-0.3, -0.25) is 4.79 Å². The largest absolute Gasteiger partial charge is 0.483 e. The van der Waals surface area contributed by atoms with E-state index in [1.165, 1.54) is 0 Å². The molecule has 2 aromatic rings. The lowest BCUT2D eigenvalue weighted by Gasteiger charge is -2.15. The van der Waals surface area contributed by atoms with Crippen LogP contribution in [0.25, 0.3) is 0 Å². The summed E-state index contributed by atoms with van der Waals surface area (Å²) in [6.07, 6.45) is 0.657. The van der Waals surface area contributed by atoms with E-state index in [2.05, 4.69) is 5.32 Å². The molecule has 0 fully saturated rings. The van der Waals surface area contributed by atoms with Crippen LogP contribution in [0.4, 0.5) is 8.78 Å². The van der Waals surface area contributed by atoms with Gasteiger partial charge in [0.05, 0.1) is 13.1 Å². The molecule has 0 unspecified atom stereocenters. The highest BCUT2D eigenvalue weighted by Gasteiger charge is 2.27. The fourth-order valence-electron chi connectivity index (χ4n) is 2.10. The fourth-order valence-corrected chi connectivity index (χ4v) is 2.10. The summed E-state index contributed by atoms with van der Waals surface area (Å²) in [5, 5.41) is 2.12. The number of carbonyl (C=O) groups excluding carboxylic acids is 1. The summed E-state index contributed by atoms with van der Waals surface area (Å²) in [5.74, 6) is -3.17. The number of hydrogen-bond acceptors (Lipinski definition) is 3. The number of rotatable bonds is 8. The molecule has 0 aliphatic rings. The zero-order valence-corrected chi connectivity index (χ0v) is 14.4. The average Bonchev–Trinajstić information content (AvgIpc) is 2.60. The van der Waals surface area contributed by atoms with Gasteiger partial charge in [0.2, 0.25) is 0 Å². The van der Waals surface area contributed by atoms with E-state index in [0.29, 0.717) is 12.2 Å². The molecule has 0 radical (unpaired) electrons. The maximum absolute atomic E-state index is 13.0. The van der Waals surface area contributed by atoms with E-state index in [1.807, 2.05) is 42.5 Å². The van der Waals surface area contributed by atoms with Crippen molar-refractivity contribution in [3.05, 3.63) is 65.7 Å². The first-order chi connectivity index (χ1) is 11.5. The molecule has 3 N–H and O–H groups in total. The van der Waals surface area contributed by atoms with Crippen molar-refractivity contribution >= 4 is 18.3 Å². The van der Waals surface area contributed by atoms with Crippen LogP contribution < -0.4 is 15.8 Å². The van der Waals surface area contributed by atoms with E-state index in [4.69, 9.17) is 10.5 Å². The number of hydrogen-bond donors (Lipinski definition) is 2. The fraction of sp³-hybridized carbons (Fsp3) is 0.278. The lowest BCUT2D eigenvalue weighted by Crippen LogP contribution is -2.43. The predicted octanol–water partition coefficient (Wildman–Crippen LogP) is 2.79. The number of amides is 1. The van der Waals surface area contributed by atoms with Gasteiger partial charge in [0.1, 0.15) is 5.75 Å². The highest BCUT2D eigenvalue weighted by atomic mass is 35.5. The average molecular weight is 371 g/mol. The van der Waals surface area contributed by atoms with Gasteiger partial charge in [0.25, 0.3) is 11.8 Å². The van der Waals surface area contributed by atoms with Crippen molar-refractivity contribution in [1.82, 2.24) is 5.32 Å². The predicted molar refractivity (Wildman–Crippen MR) is 95.4 cm³/mol. The summed E-state index contributed by atoms with van der Waals surface area (Å²) in [5.41, 5.74) is 6.95. The van der Waals surface area contributed by atoms with Crippen LogP contribution >= 0.6 is 12.4 Å². The van der Waals surface area contributed by atoms with Gasteiger partial charge in [-0.05, 0) is 17.2 Å². The Morgan fingerprint density at radius 1 is 1.08 bits per heavy atom.